The van der Waals surface area contributed by atoms with Gasteiger partial charge in [0.25, 0.3) is 0 Å². The van der Waals surface area contributed by atoms with E-state index in [1.54, 1.807) is 12.1 Å². The summed E-state index contributed by atoms with van der Waals surface area (Å²) in [5.41, 5.74) is 1.14. The molecule has 0 aromatic heterocycles. The zero-order valence-electron chi connectivity index (χ0n) is 11.8. The van der Waals surface area contributed by atoms with Crippen LogP contribution in [0.25, 0.3) is 0 Å². The van der Waals surface area contributed by atoms with Gasteiger partial charge in [0, 0.05) is 15.0 Å². The zero-order valence-corrected chi connectivity index (χ0v) is 15.0. The molecular formula is C16H16Br2FNO. The van der Waals surface area contributed by atoms with E-state index >= 15 is 0 Å². The molecule has 1 N–H and O–H groups in total. The highest BCUT2D eigenvalue weighted by Crippen LogP contribution is 2.32. The first-order valence-electron chi connectivity index (χ1n) is 6.67. The summed E-state index contributed by atoms with van der Waals surface area (Å²) in [5.74, 6) is 0.398. The molecule has 21 heavy (non-hydrogen) atoms. The number of ether oxygens (including phenoxy) is 1. The minimum atomic E-state index is -0.389. The van der Waals surface area contributed by atoms with Crippen LogP contribution < -0.4 is 10.1 Å². The van der Waals surface area contributed by atoms with Crippen molar-refractivity contribution in [2.24, 2.45) is 0 Å². The van der Waals surface area contributed by atoms with Crippen LogP contribution in [0.1, 0.15) is 25.5 Å². The van der Waals surface area contributed by atoms with Crippen molar-refractivity contribution in [3.63, 3.8) is 0 Å². The summed E-state index contributed by atoms with van der Waals surface area (Å²) in [5, 5.41) is 3.35. The van der Waals surface area contributed by atoms with Gasteiger partial charge in [-0.3, -0.25) is 0 Å². The lowest BCUT2D eigenvalue weighted by molar-refractivity contribution is 0.441. The van der Waals surface area contributed by atoms with Crippen LogP contribution in [0, 0.1) is 5.82 Å². The lowest BCUT2D eigenvalue weighted by Gasteiger charge is -2.16. The number of hydrogen-bond acceptors (Lipinski definition) is 2. The Bertz CT molecular complexity index is 634. The first-order valence-corrected chi connectivity index (χ1v) is 8.25. The summed E-state index contributed by atoms with van der Waals surface area (Å²) in [6.07, 6.45) is 0. The first-order chi connectivity index (χ1) is 10.0. The predicted molar refractivity (Wildman–Crippen MR) is 90.4 cm³/mol. The highest BCUT2D eigenvalue weighted by molar-refractivity contribution is 9.10. The minimum absolute atomic E-state index is 0.198. The fourth-order valence-corrected chi connectivity index (χ4v) is 3.06. The third-order valence-electron chi connectivity index (χ3n) is 3.07. The maximum Gasteiger partial charge on any atom is 0.165 e. The molecule has 2 rings (SSSR count). The lowest BCUT2D eigenvalue weighted by Crippen LogP contribution is -2.17. The largest absolute Gasteiger partial charge is 0.454 e. The van der Waals surface area contributed by atoms with E-state index in [2.05, 4.69) is 51.0 Å². The molecule has 0 amide bonds. The van der Waals surface area contributed by atoms with Crippen molar-refractivity contribution in [1.29, 1.82) is 0 Å². The number of halogens is 3. The third-order valence-corrected chi connectivity index (χ3v) is 4.25. The molecule has 0 aliphatic rings. The average Bonchev–Trinajstić information content (AvgIpc) is 2.43. The minimum Gasteiger partial charge on any atom is -0.454 e. The van der Waals surface area contributed by atoms with Gasteiger partial charge in [-0.15, -0.1) is 0 Å². The predicted octanol–water partition coefficient (Wildman–Crippen LogP) is 5.81. The van der Waals surface area contributed by atoms with E-state index in [0.29, 0.717) is 5.75 Å². The molecule has 112 valence electrons. The van der Waals surface area contributed by atoms with E-state index in [1.165, 1.54) is 6.07 Å². The molecule has 1 atom stereocenters. The second-order valence-electron chi connectivity index (χ2n) is 4.64. The van der Waals surface area contributed by atoms with Gasteiger partial charge in [0.05, 0.1) is 0 Å². The van der Waals surface area contributed by atoms with Gasteiger partial charge in [0.2, 0.25) is 0 Å². The first kappa shape index (κ1) is 16.5. The number of rotatable bonds is 5. The summed E-state index contributed by atoms with van der Waals surface area (Å²) < 4.78 is 21.0. The number of benzene rings is 2. The summed E-state index contributed by atoms with van der Waals surface area (Å²) in [6, 6.07) is 10.5. The Balaban J connectivity index is 2.22. The van der Waals surface area contributed by atoms with E-state index in [-0.39, 0.29) is 17.6 Å². The smallest absolute Gasteiger partial charge is 0.165 e. The van der Waals surface area contributed by atoms with Crippen LogP contribution in [0.5, 0.6) is 11.5 Å². The van der Waals surface area contributed by atoms with E-state index in [4.69, 9.17) is 4.74 Å². The average molecular weight is 417 g/mol. The molecule has 0 fully saturated rings. The van der Waals surface area contributed by atoms with Crippen LogP contribution in [-0.2, 0) is 0 Å². The molecule has 5 heteroatoms. The van der Waals surface area contributed by atoms with E-state index in [9.17, 15) is 4.39 Å². The molecule has 2 nitrogen and oxygen atoms in total. The van der Waals surface area contributed by atoms with Crippen molar-refractivity contribution in [2.45, 2.75) is 19.9 Å². The topological polar surface area (TPSA) is 21.3 Å². The molecule has 0 heterocycles. The standard InChI is InChI=1S/C16H16Br2FNO/c1-3-20-10(2)13-6-5-12(9-14(13)18)21-16-8-11(17)4-7-15(16)19/h4-10,20H,3H2,1-2H3. The second-order valence-corrected chi connectivity index (χ2v) is 6.41. The third kappa shape index (κ3) is 4.28. The molecule has 2 aromatic carbocycles. The van der Waals surface area contributed by atoms with Crippen molar-refractivity contribution in [1.82, 2.24) is 5.32 Å². The Morgan fingerprint density at radius 2 is 1.95 bits per heavy atom. The van der Waals surface area contributed by atoms with Crippen molar-refractivity contribution in [3.05, 3.63) is 56.7 Å². The Labute approximate surface area is 141 Å². The molecule has 0 saturated carbocycles. The molecular weight excluding hydrogens is 401 g/mol. The van der Waals surface area contributed by atoms with Gasteiger partial charge in [0.1, 0.15) is 5.75 Å². The van der Waals surface area contributed by atoms with Gasteiger partial charge < -0.3 is 10.1 Å². The number of hydrogen-bond donors (Lipinski definition) is 1. The van der Waals surface area contributed by atoms with Gasteiger partial charge in [0.15, 0.2) is 11.6 Å². The maximum absolute atomic E-state index is 13.7. The van der Waals surface area contributed by atoms with Crippen molar-refractivity contribution in [3.8, 4) is 11.5 Å². The Morgan fingerprint density at radius 3 is 2.62 bits per heavy atom. The van der Waals surface area contributed by atoms with Gasteiger partial charge in [-0.05, 0) is 49.4 Å². The van der Waals surface area contributed by atoms with E-state index in [1.807, 2.05) is 18.2 Å². The molecule has 0 spiro atoms. The van der Waals surface area contributed by atoms with E-state index in [0.717, 1.165) is 21.1 Å². The van der Waals surface area contributed by atoms with Crippen LogP contribution in [0.2, 0.25) is 0 Å². The highest BCUT2D eigenvalue weighted by atomic mass is 79.9. The molecule has 0 saturated heterocycles. The summed E-state index contributed by atoms with van der Waals surface area (Å²) >= 11 is 6.85. The van der Waals surface area contributed by atoms with Crippen LogP contribution in [0.15, 0.2) is 45.3 Å². The fourth-order valence-electron chi connectivity index (χ4n) is 2.02. The second kappa shape index (κ2) is 7.38. The summed E-state index contributed by atoms with van der Waals surface area (Å²) in [7, 11) is 0. The zero-order chi connectivity index (χ0) is 15.4. The molecule has 1 unspecified atom stereocenters. The fraction of sp³-hybridized carbons (Fsp3) is 0.250. The SMILES string of the molecule is CCNC(C)c1ccc(Oc2cc(Br)ccc2F)cc1Br. The number of nitrogens with one attached hydrogen (secondary N) is 1. The maximum atomic E-state index is 13.7. The van der Waals surface area contributed by atoms with Gasteiger partial charge >= 0.3 is 0 Å². The Hall–Kier alpha value is -0.910. The molecule has 0 radical (unpaired) electrons. The molecule has 2 aromatic rings. The van der Waals surface area contributed by atoms with Crippen molar-refractivity contribution < 1.29 is 9.13 Å². The van der Waals surface area contributed by atoms with Gasteiger partial charge in [-0.1, -0.05) is 44.8 Å². The van der Waals surface area contributed by atoms with Crippen LogP contribution in [0.3, 0.4) is 0 Å². The highest BCUT2D eigenvalue weighted by Gasteiger charge is 2.11. The normalized spacial score (nSPS) is 12.2. The van der Waals surface area contributed by atoms with Crippen LogP contribution in [0.4, 0.5) is 4.39 Å². The Kier molecular flexibility index (Phi) is 5.79. The van der Waals surface area contributed by atoms with E-state index < -0.39 is 0 Å². The summed E-state index contributed by atoms with van der Waals surface area (Å²) in [4.78, 5) is 0. The van der Waals surface area contributed by atoms with Gasteiger partial charge in [-0.2, -0.15) is 0 Å². The van der Waals surface area contributed by atoms with Crippen LogP contribution >= 0.6 is 31.9 Å². The molecule has 0 aliphatic carbocycles. The Morgan fingerprint density at radius 1 is 1.19 bits per heavy atom. The summed E-state index contributed by atoms with van der Waals surface area (Å²) in [6.45, 7) is 5.06. The van der Waals surface area contributed by atoms with Gasteiger partial charge in [-0.25, -0.2) is 4.39 Å². The van der Waals surface area contributed by atoms with Crippen LogP contribution in [-0.4, -0.2) is 6.54 Å². The molecule has 0 aliphatic heterocycles. The molecule has 0 bridgehead atoms. The van der Waals surface area contributed by atoms with Crippen molar-refractivity contribution in [2.75, 3.05) is 6.54 Å². The quantitative estimate of drug-likeness (QED) is 0.663. The lowest BCUT2D eigenvalue weighted by atomic mass is 10.1. The monoisotopic (exact) mass is 415 g/mol. The van der Waals surface area contributed by atoms with Crippen molar-refractivity contribution >= 4 is 31.9 Å².